The molecule has 0 bridgehead atoms. The quantitative estimate of drug-likeness (QED) is 0.706. The zero-order valence-electron chi connectivity index (χ0n) is 10.0. The van der Waals surface area contributed by atoms with Crippen LogP contribution in [0.5, 0.6) is 0 Å². The molecular formula is C11H9FN6S2. The van der Waals surface area contributed by atoms with E-state index in [-0.39, 0.29) is 12.0 Å². The predicted molar refractivity (Wildman–Crippen MR) is 76.2 cm³/mol. The van der Waals surface area contributed by atoms with E-state index in [1.807, 2.05) is 0 Å². The number of rotatable bonds is 5. The zero-order valence-corrected chi connectivity index (χ0v) is 11.7. The number of hydrogen-bond donors (Lipinski definition) is 2. The molecule has 6 nitrogen and oxygen atoms in total. The van der Waals surface area contributed by atoms with E-state index in [1.165, 1.54) is 34.8 Å². The number of hydrogen-bond acceptors (Lipinski definition) is 8. The first-order chi connectivity index (χ1) is 9.81. The molecule has 0 aliphatic carbocycles. The Labute approximate surface area is 121 Å². The summed E-state index contributed by atoms with van der Waals surface area (Å²) < 4.78 is 13.0. The third-order valence-corrected chi connectivity index (χ3v) is 3.70. The lowest BCUT2D eigenvalue weighted by Crippen LogP contribution is -2.19. The molecule has 2 heterocycles. The Morgan fingerprint density at radius 3 is 1.90 bits per heavy atom. The molecule has 0 saturated carbocycles. The predicted octanol–water partition coefficient (Wildman–Crippen LogP) is 2.75. The van der Waals surface area contributed by atoms with Gasteiger partial charge in [0.25, 0.3) is 0 Å². The standard InChI is InChI=1S/C11H9FN6S2/c12-8-3-1-7(2-4-8)9(15-10-17-13-5-19-10)16-11-18-14-6-20-11/h1-6,9H,(H,15,17)(H,16,18). The number of nitrogens with zero attached hydrogens (tertiary/aromatic N) is 4. The topological polar surface area (TPSA) is 75.6 Å². The minimum atomic E-state index is -0.295. The van der Waals surface area contributed by atoms with Gasteiger partial charge in [0.15, 0.2) is 0 Å². The maximum absolute atomic E-state index is 13.0. The molecular weight excluding hydrogens is 299 g/mol. The van der Waals surface area contributed by atoms with Gasteiger partial charge >= 0.3 is 0 Å². The van der Waals surface area contributed by atoms with Gasteiger partial charge < -0.3 is 10.6 Å². The maximum atomic E-state index is 13.0. The first-order valence-corrected chi connectivity index (χ1v) is 7.38. The van der Waals surface area contributed by atoms with Crippen LogP contribution in [-0.4, -0.2) is 20.4 Å². The molecule has 0 unspecified atom stereocenters. The van der Waals surface area contributed by atoms with Crippen molar-refractivity contribution in [2.45, 2.75) is 6.17 Å². The van der Waals surface area contributed by atoms with Gasteiger partial charge in [-0.05, 0) is 17.7 Å². The highest BCUT2D eigenvalue weighted by Crippen LogP contribution is 2.23. The Kier molecular flexibility index (Phi) is 3.79. The Morgan fingerprint density at radius 1 is 0.900 bits per heavy atom. The summed E-state index contributed by atoms with van der Waals surface area (Å²) in [5.41, 5.74) is 4.13. The van der Waals surface area contributed by atoms with Crippen LogP contribution in [0.3, 0.4) is 0 Å². The van der Waals surface area contributed by atoms with Crippen LogP contribution in [0.15, 0.2) is 35.3 Å². The Morgan fingerprint density at radius 2 is 1.45 bits per heavy atom. The highest BCUT2D eigenvalue weighted by Gasteiger charge is 2.14. The van der Waals surface area contributed by atoms with Crippen LogP contribution in [0.25, 0.3) is 0 Å². The van der Waals surface area contributed by atoms with E-state index in [4.69, 9.17) is 0 Å². The van der Waals surface area contributed by atoms with Crippen LogP contribution in [0, 0.1) is 5.82 Å². The number of anilines is 2. The molecule has 9 heteroatoms. The fraction of sp³-hybridized carbons (Fsp3) is 0.0909. The Balaban J connectivity index is 1.84. The summed E-state index contributed by atoms with van der Waals surface area (Å²) in [6.45, 7) is 0. The second kappa shape index (κ2) is 5.88. The molecule has 0 aliphatic rings. The molecule has 20 heavy (non-hydrogen) atoms. The molecule has 0 saturated heterocycles. The lowest BCUT2D eigenvalue weighted by molar-refractivity contribution is 0.626. The van der Waals surface area contributed by atoms with Gasteiger partial charge in [0, 0.05) is 0 Å². The number of benzene rings is 1. The number of halogens is 1. The number of aromatic nitrogens is 4. The minimum Gasteiger partial charge on any atom is -0.336 e. The first-order valence-electron chi connectivity index (χ1n) is 5.62. The van der Waals surface area contributed by atoms with Crippen molar-refractivity contribution >= 4 is 32.9 Å². The van der Waals surface area contributed by atoms with E-state index in [0.717, 1.165) is 5.56 Å². The van der Waals surface area contributed by atoms with Crippen LogP contribution in [0.1, 0.15) is 11.7 Å². The molecule has 102 valence electrons. The largest absolute Gasteiger partial charge is 0.336 e. The molecule has 0 fully saturated rings. The third kappa shape index (κ3) is 3.06. The molecule has 0 aliphatic heterocycles. The summed E-state index contributed by atoms with van der Waals surface area (Å²) in [5.74, 6) is -0.278. The molecule has 0 spiro atoms. The summed E-state index contributed by atoms with van der Waals surface area (Å²) in [6.07, 6.45) is -0.295. The Bertz CT molecular complexity index is 604. The van der Waals surface area contributed by atoms with Crippen LogP contribution < -0.4 is 10.6 Å². The van der Waals surface area contributed by atoms with Gasteiger partial charge in [0.05, 0.1) is 0 Å². The second-order valence-electron chi connectivity index (χ2n) is 3.76. The van der Waals surface area contributed by atoms with Crippen molar-refractivity contribution in [1.29, 1.82) is 0 Å². The smallest absolute Gasteiger partial charge is 0.207 e. The van der Waals surface area contributed by atoms with Gasteiger partial charge in [0.2, 0.25) is 10.3 Å². The fourth-order valence-corrected chi connectivity index (χ4v) is 2.53. The molecule has 1 aromatic carbocycles. The average molecular weight is 308 g/mol. The zero-order chi connectivity index (χ0) is 13.8. The molecule has 0 amide bonds. The normalized spacial score (nSPS) is 10.7. The monoisotopic (exact) mass is 308 g/mol. The summed E-state index contributed by atoms with van der Waals surface area (Å²) in [6, 6.07) is 6.21. The van der Waals surface area contributed by atoms with Crippen molar-refractivity contribution < 1.29 is 4.39 Å². The lowest BCUT2D eigenvalue weighted by Gasteiger charge is -2.19. The maximum Gasteiger partial charge on any atom is 0.207 e. The van der Waals surface area contributed by atoms with Gasteiger partial charge in [-0.15, -0.1) is 20.4 Å². The Hall–Kier alpha value is -2.13. The minimum absolute atomic E-state index is 0.278. The number of nitrogens with one attached hydrogen (secondary N) is 2. The SMILES string of the molecule is Fc1ccc(C(Nc2nncs2)Nc2nncs2)cc1. The van der Waals surface area contributed by atoms with Crippen LogP contribution in [0.2, 0.25) is 0 Å². The van der Waals surface area contributed by atoms with Crippen LogP contribution in [0.4, 0.5) is 14.7 Å². The van der Waals surface area contributed by atoms with Crippen LogP contribution in [-0.2, 0) is 0 Å². The molecule has 2 N–H and O–H groups in total. The van der Waals surface area contributed by atoms with Gasteiger partial charge in [0.1, 0.15) is 23.0 Å². The molecule has 3 rings (SSSR count). The van der Waals surface area contributed by atoms with Gasteiger partial charge in [-0.1, -0.05) is 34.8 Å². The van der Waals surface area contributed by atoms with Crippen LogP contribution >= 0.6 is 22.7 Å². The van der Waals surface area contributed by atoms with Gasteiger partial charge in [-0.25, -0.2) is 4.39 Å². The van der Waals surface area contributed by atoms with Crippen molar-refractivity contribution in [2.24, 2.45) is 0 Å². The lowest BCUT2D eigenvalue weighted by atomic mass is 10.1. The van der Waals surface area contributed by atoms with Crippen molar-refractivity contribution in [1.82, 2.24) is 20.4 Å². The van der Waals surface area contributed by atoms with E-state index in [1.54, 1.807) is 23.2 Å². The summed E-state index contributed by atoms with van der Waals surface area (Å²) in [7, 11) is 0. The average Bonchev–Trinajstić information content (AvgIpc) is 3.12. The molecule has 2 aromatic heterocycles. The summed E-state index contributed by atoms with van der Waals surface area (Å²) in [5, 5.41) is 23.1. The highest BCUT2D eigenvalue weighted by molar-refractivity contribution is 7.13. The van der Waals surface area contributed by atoms with E-state index in [9.17, 15) is 4.39 Å². The van der Waals surface area contributed by atoms with E-state index in [2.05, 4.69) is 31.0 Å². The van der Waals surface area contributed by atoms with Gasteiger partial charge in [-0.2, -0.15) is 0 Å². The molecule has 0 radical (unpaired) electrons. The van der Waals surface area contributed by atoms with Crippen molar-refractivity contribution in [3.8, 4) is 0 Å². The van der Waals surface area contributed by atoms with Crippen molar-refractivity contribution in [3.63, 3.8) is 0 Å². The first kappa shape index (κ1) is 12.9. The van der Waals surface area contributed by atoms with E-state index >= 15 is 0 Å². The van der Waals surface area contributed by atoms with Crippen molar-refractivity contribution in [2.75, 3.05) is 10.6 Å². The third-order valence-electron chi connectivity index (χ3n) is 2.46. The van der Waals surface area contributed by atoms with E-state index < -0.39 is 0 Å². The summed E-state index contributed by atoms with van der Waals surface area (Å²) >= 11 is 2.76. The molecule has 3 aromatic rings. The van der Waals surface area contributed by atoms with Gasteiger partial charge in [-0.3, -0.25) is 0 Å². The molecule has 0 atom stereocenters. The fourth-order valence-electron chi connectivity index (χ4n) is 1.58. The van der Waals surface area contributed by atoms with Crippen molar-refractivity contribution in [3.05, 3.63) is 46.7 Å². The summed E-state index contributed by atoms with van der Waals surface area (Å²) in [4.78, 5) is 0. The highest BCUT2D eigenvalue weighted by atomic mass is 32.1. The second-order valence-corrected chi connectivity index (χ2v) is 5.43. The van der Waals surface area contributed by atoms with E-state index in [0.29, 0.717) is 10.3 Å².